The monoisotopic (exact) mass is 199 g/mol. The Bertz CT molecular complexity index is 265. The smallest absolute Gasteiger partial charge is 0.322 e. The van der Waals surface area contributed by atoms with E-state index in [0.717, 1.165) is 5.01 Å². The van der Waals surface area contributed by atoms with Crippen molar-refractivity contribution in [3.05, 3.63) is 0 Å². The van der Waals surface area contributed by atoms with Gasteiger partial charge in [-0.15, -0.1) is 0 Å². The SMILES string of the molecule is CCC1(C(C)C)NC(=O)N(NC)C1=O. The van der Waals surface area contributed by atoms with Crippen LogP contribution in [0.15, 0.2) is 0 Å². The van der Waals surface area contributed by atoms with Crippen LogP contribution < -0.4 is 10.7 Å². The van der Waals surface area contributed by atoms with Crippen molar-refractivity contribution in [1.82, 2.24) is 15.8 Å². The van der Waals surface area contributed by atoms with Gasteiger partial charge in [-0.1, -0.05) is 20.8 Å². The molecule has 1 aliphatic heterocycles. The Labute approximate surface area is 83.8 Å². The third-order valence-corrected chi connectivity index (χ3v) is 2.88. The molecule has 0 saturated carbocycles. The van der Waals surface area contributed by atoms with E-state index in [9.17, 15) is 9.59 Å². The van der Waals surface area contributed by atoms with Crippen molar-refractivity contribution in [3.8, 4) is 0 Å². The molecule has 2 N–H and O–H groups in total. The second-order valence-corrected chi connectivity index (χ2v) is 3.77. The summed E-state index contributed by atoms with van der Waals surface area (Å²) in [6, 6.07) is -0.368. The zero-order valence-electron chi connectivity index (χ0n) is 9.05. The first-order valence-corrected chi connectivity index (χ1v) is 4.83. The van der Waals surface area contributed by atoms with Crippen LogP contribution in [0.3, 0.4) is 0 Å². The second-order valence-electron chi connectivity index (χ2n) is 3.77. The van der Waals surface area contributed by atoms with Crippen LogP contribution in [0.4, 0.5) is 4.79 Å². The van der Waals surface area contributed by atoms with Crippen molar-refractivity contribution in [2.24, 2.45) is 5.92 Å². The van der Waals surface area contributed by atoms with Crippen molar-refractivity contribution >= 4 is 11.9 Å². The van der Waals surface area contributed by atoms with Gasteiger partial charge in [0, 0.05) is 7.05 Å². The van der Waals surface area contributed by atoms with Gasteiger partial charge >= 0.3 is 6.03 Å². The fourth-order valence-corrected chi connectivity index (χ4v) is 1.83. The second kappa shape index (κ2) is 3.57. The van der Waals surface area contributed by atoms with Gasteiger partial charge in [0.25, 0.3) is 5.91 Å². The quantitative estimate of drug-likeness (QED) is 0.650. The number of nitrogens with zero attached hydrogens (tertiary/aromatic N) is 1. The van der Waals surface area contributed by atoms with E-state index < -0.39 is 5.54 Å². The van der Waals surface area contributed by atoms with E-state index >= 15 is 0 Å². The molecule has 1 atom stereocenters. The zero-order valence-corrected chi connectivity index (χ0v) is 9.05. The molecule has 0 bridgehead atoms. The van der Waals surface area contributed by atoms with Gasteiger partial charge in [-0.2, -0.15) is 5.01 Å². The van der Waals surface area contributed by atoms with Gasteiger partial charge < -0.3 is 5.32 Å². The summed E-state index contributed by atoms with van der Waals surface area (Å²) in [6.45, 7) is 5.76. The van der Waals surface area contributed by atoms with E-state index in [1.165, 1.54) is 0 Å². The van der Waals surface area contributed by atoms with Crippen LogP contribution in [0.25, 0.3) is 0 Å². The minimum absolute atomic E-state index is 0.0855. The Balaban J connectivity index is 3.03. The predicted molar refractivity (Wildman–Crippen MR) is 52.3 cm³/mol. The van der Waals surface area contributed by atoms with Gasteiger partial charge in [-0.3, -0.25) is 4.79 Å². The number of nitrogens with one attached hydrogen (secondary N) is 2. The van der Waals surface area contributed by atoms with Crippen molar-refractivity contribution in [2.75, 3.05) is 7.05 Å². The molecule has 0 spiro atoms. The van der Waals surface area contributed by atoms with E-state index in [4.69, 9.17) is 0 Å². The predicted octanol–water partition coefficient (Wildman–Crippen LogP) is 0.477. The number of imide groups is 1. The average Bonchev–Trinajstić information content (AvgIpc) is 2.38. The summed E-state index contributed by atoms with van der Waals surface area (Å²) < 4.78 is 0. The maximum Gasteiger partial charge on any atom is 0.339 e. The van der Waals surface area contributed by atoms with Gasteiger partial charge in [0.05, 0.1) is 0 Å². The molecule has 1 heterocycles. The number of carbonyl (C=O) groups excluding carboxylic acids is 2. The lowest BCUT2D eigenvalue weighted by molar-refractivity contribution is -0.134. The maximum absolute atomic E-state index is 11.9. The van der Waals surface area contributed by atoms with E-state index in [0.29, 0.717) is 6.42 Å². The van der Waals surface area contributed by atoms with E-state index in [-0.39, 0.29) is 17.9 Å². The molecule has 0 aromatic rings. The molecule has 1 rings (SSSR count). The number of amides is 3. The van der Waals surface area contributed by atoms with Crippen LogP contribution in [0.1, 0.15) is 27.2 Å². The first-order chi connectivity index (χ1) is 6.49. The normalized spacial score (nSPS) is 27.4. The lowest BCUT2D eigenvalue weighted by atomic mass is 9.84. The van der Waals surface area contributed by atoms with E-state index in [2.05, 4.69) is 10.7 Å². The van der Waals surface area contributed by atoms with Crippen LogP contribution >= 0.6 is 0 Å². The minimum atomic E-state index is -0.736. The number of hydrogen-bond donors (Lipinski definition) is 2. The molecule has 0 aliphatic carbocycles. The lowest BCUT2D eigenvalue weighted by Gasteiger charge is -2.29. The third kappa shape index (κ3) is 1.28. The molecule has 14 heavy (non-hydrogen) atoms. The van der Waals surface area contributed by atoms with Gasteiger partial charge in [0.15, 0.2) is 0 Å². The summed E-state index contributed by atoms with van der Waals surface area (Å²) in [5, 5.41) is 3.77. The standard InChI is InChI=1S/C9H17N3O2/c1-5-9(6(2)3)7(13)12(10-4)8(14)11-9/h6,10H,5H2,1-4H3,(H,11,14). The highest BCUT2D eigenvalue weighted by Crippen LogP contribution is 2.27. The van der Waals surface area contributed by atoms with E-state index in [1.807, 2.05) is 20.8 Å². The fourth-order valence-electron chi connectivity index (χ4n) is 1.83. The number of rotatable bonds is 3. The van der Waals surface area contributed by atoms with Crippen molar-refractivity contribution < 1.29 is 9.59 Å². The summed E-state index contributed by atoms with van der Waals surface area (Å²) in [5.41, 5.74) is 1.84. The molecule has 5 nitrogen and oxygen atoms in total. The first-order valence-electron chi connectivity index (χ1n) is 4.83. The molecular weight excluding hydrogens is 182 g/mol. The third-order valence-electron chi connectivity index (χ3n) is 2.88. The number of hydrazine groups is 1. The lowest BCUT2D eigenvalue weighted by Crippen LogP contribution is -2.51. The molecule has 80 valence electrons. The highest BCUT2D eigenvalue weighted by Gasteiger charge is 2.51. The van der Waals surface area contributed by atoms with Gasteiger partial charge in [-0.25, -0.2) is 10.2 Å². The Hall–Kier alpha value is -1.10. The van der Waals surface area contributed by atoms with Crippen molar-refractivity contribution in [2.45, 2.75) is 32.7 Å². The largest absolute Gasteiger partial charge is 0.339 e. The highest BCUT2D eigenvalue weighted by atomic mass is 16.2. The summed E-state index contributed by atoms with van der Waals surface area (Å²) >= 11 is 0. The van der Waals surface area contributed by atoms with Crippen LogP contribution in [-0.4, -0.2) is 29.5 Å². The van der Waals surface area contributed by atoms with E-state index in [1.54, 1.807) is 7.05 Å². The Morgan fingerprint density at radius 3 is 2.29 bits per heavy atom. The van der Waals surface area contributed by atoms with Crippen molar-refractivity contribution in [1.29, 1.82) is 0 Å². The van der Waals surface area contributed by atoms with Gasteiger partial charge in [0.1, 0.15) is 5.54 Å². The Kier molecular flexibility index (Phi) is 2.80. The minimum Gasteiger partial charge on any atom is -0.322 e. The Morgan fingerprint density at radius 2 is 2.07 bits per heavy atom. The molecule has 1 saturated heterocycles. The Morgan fingerprint density at radius 1 is 1.50 bits per heavy atom. The molecule has 5 heteroatoms. The molecule has 0 aromatic heterocycles. The molecular formula is C9H17N3O2. The van der Waals surface area contributed by atoms with Crippen LogP contribution in [0.2, 0.25) is 0 Å². The number of urea groups is 1. The summed E-state index contributed by atoms with van der Waals surface area (Å²) in [7, 11) is 1.56. The van der Waals surface area contributed by atoms with Crippen molar-refractivity contribution in [3.63, 3.8) is 0 Å². The molecule has 1 unspecified atom stereocenters. The fraction of sp³-hybridized carbons (Fsp3) is 0.778. The number of hydrogen-bond acceptors (Lipinski definition) is 3. The molecule has 0 radical (unpaired) electrons. The zero-order chi connectivity index (χ0) is 10.9. The first kappa shape index (κ1) is 11.0. The highest BCUT2D eigenvalue weighted by molar-refractivity contribution is 6.06. The number of carbonyl (C=O) groups is 2. The molecule has 0 aromatic carbocycles. The van der Waals surface area contributed by atoms with Crippen LogP contribution in [-0.2, 0) is 4.79 Å². The average molecular weight is 199 g/mol. The summed E-state index contributed by atoms with van der Waals surface area (Å²) in [6.07, 6.45) is 0.605. The van der Waals surface area contributed by atoms with Crippen LogP contribution in [0, 0.1) is 5.92 Å². The molecule has 1 aliphatic rings. The molecule has 3 amide bonds. The molecule has 1 fully saturated rings. The van der Waals surface area contributed by atoms with Crippen LogP contribution in [0.5, 0.6) is 0 Å². The maximum atomic E-state index is 11.9. The summed E-state index contributed by atoms with van der Waals surface area (Å²) in [5.74, 6) is -0.107. The topological polar surface area (TPSA) is 61.4 Å². The van der Waals surface area contributed by atoms with Gasteiger partial charge in [-0.05, 0) is 12.3 Å². The van der Waals surface area contributed by atoms with Gasteiger partial charge in [0.2, 0.25) is 0 Å². The summed E-state index contributed by atoms with van der Waals surface area (Å²) in [4.78, 5) is 23.3.